The van der Waals surface area contributed by atoms with Crippen LogP contribution in [0.5, 0.6) is 0 Å². The van der Waals surface area contributed by atoms with E-state index < -0.39 is 16.1 Å². The van der Waals surface area contributed by atoms with Crippen molar-refractivity contribution in [2.75, 3.05) is 44.0 Å². The Bertz CT molecular complexity index is 771. The van der Waals surface area contributed by atoms with E-state index in [-0.39, 0.29) is 17.4 Å². The summed E-state index contributed by atoms with van der Waals surface area (Å²) < 4.78 is 32.8. The third kappa shape index (κ3) is 5.31. The molecule has 27 heavy (non-hydrogen) atoms. The van der Waals surface area contributed by atoms with E-state index in [4.69, 9.17) is 4.74 Å². The number of hydrogen-bond acceptors (Lipinski definition) is 5. The van der Waals surface area contributed by atoms with Crippen molar-refractivity contribution in [1.82, 2.24) is 4.31 Å². The van der Waals surface area contributed by atoms with Crippen molar-refractivity contribution in [1.29, 1.82) is 0 Å². The lowest BCUT2D eigenvalue weighted by Gasteiger charge is -2.27. The fourth-order valence-electron chi connectivity index (χ4n) is 2.94. The van der Waals surface area contributed by atoms with Crippen molar-refractivity contribution < 1.29 is 17.9 Å². The van der Waals surface area contributed by atoms with Crippen LogP contribution in [0.25, 0.3) is 0 Å². The number of carbonyl (C=O) groups excluding carboxylic acids is 1. The minimum absolute atomic E-state index is 0.185. The molecular weight excluding hydrogens is 366 g/mol. The van der Waals surface area contributed by atoms with Gasteiger partial charge in [0.2, 0.25) is 10.0 Å². The van der Waals surface area contributed by atoms with Crippen molar-refractivity contribution in [2.45, 2.75) is 37.2 Å². The van der Waals surface area contributed by atoms with Crippen LogP contribution in [0, 0.1) is 0 Å². The number of piperidine rings is 1. The molecule has 0 radical (unpaired) electrons. The number of hydrogen-bond donors (Lipinski definition) is 1. The molecule has 0 aromatic heterocycles. The maximum absolute atomic E-state index is 12.9. The zero-order chi connectivity index (χ0) is 20.0. The standard InChI is InChI=1S/C19H29N3O4S/c1-5-13-26-15(2)19(23)20-17-14-16(9-10-18(17)21(3)4)27(24,25)22-11-7-6-8-12-22/h5,9-10,14-15H,1,6-8,11-13H2,2-4H3,(H,20,23). The van der Waals surface area contributed by atoms with E-state index in [0.29, 0.717) is 18.8 Å². The van der Waals surface area contributed by atoms with Gasteiger partial charge in [-0.3, -0.25) is 4.79 Å². The number of sulfonamides is 1. The molecule has 1 unspecified atom stereocenters. The predicted octanol–water partition coefficient (Wildman–Crippen LogP) is 2.46. The Balaban J connectivity index is 2.30. The SMILES string of the molecule is C=CCOC(C)C(=O)Nc1cc(S(=O)(=O)N2CCCCC2)ccc1N(C)C. The van der Waals surface area contributed by atoms with Crippen LogP contribution in [0.4, 0.5) is 11.4 Å². The summed E-state index contributed by atoms with van der Waals surface area (Å²) in [6, 6.07) is 4.83. The van der Waals surface area contributed by atoms with Gasteiger partial charge in [-0.1, -0.05) is 12.5 Å². The Labute approximate surface area is 162 Å². The summed E-state index contributed by atoms with van der Waals surface area (Å²) >= 11 is 0. The predicted molar refractivity (Wildman–Crippen MR) is 108 cm³/mol. The molecule has 1 fully saturated rings. The summed E-state index contributed by atoms with van der Waals surface area (Å²) in [4.78, 5) is 14.4. The third-order valence-corrected chi connectivity index (χ3v) is 6.39. The second kappa shape index (κ2) is 9.34. The van der Waals surface area contributed by atoms with Crippen molar-refractivity contribution in [3.63, 3.8) is 0 Å². The van der Waals surface area contributed by atoms with E-state index in [1.54, 1.807) is 25.1 Å². The van der Waals surface area contributed by atoms with Crippen molar-refractivity contribution in [2.24, 2.45) is 0 Å². The minimum Gasteiger partial charge on any atom is -0.376 e. The number of amides is 1. The molecule has 8 heteroatoms. The van der Waals surface area contributed by atoms with E-state index in [2.05, 4.69) is 11.9 Å². The molecule has 1 atom stereocenters. The molecule has 1 aliphatic heterocycles. The molecule has 1 heterocycles. The molecule has 1 amide bonds. The van der Waals surface area contributed by atoms with Gasteiger partial charge in [-0.2, -0.15) is 4.31 Å². The second-order valence-electron chi connectivity index (χ2n) is 6.79. The van der Waals surface area contributed by atoms with Crippen LogP contribution in [-0.4, -0.2) is 58.5 Å². The summed E-state index contributed by atoms with van der Waals surface area (Å²) in [5.41, 5.74) is 1.16. The molecule has 7 nitrogen and oxygen atoms in total. The second-order valence-corrected chi connectivity index (χ2v) is 8.73. The van der Waals surface area contributed by atoms with Crippen molar-refractivity contribution in [3.05, 3.63) is 30.9 Å². The molecule has 0 saturated carbocycles. The normalized spacial score (nSPS) is 16.6. The molecular formula is C19H29N3O4S. The Hall–Kier alpha value is -1.90. The van der Waals surface area contributed by atoms with Gasteiger partial charge in [0.15, 0.2) is 0 Å². The summed E-state index contributed by atoms with van der Waals surface area (Å²) in [7, 11) is 0.0913. The average molecular weight is 396 g/mol. The summed E-state index contributed by atoms with van der Waals surface area (Å²) in [6.07, 6.45) is 3.68. The molecule has 150 valence electrons. The van der Waals surface area contributed by atoms with E-state index >= 15 is 0 Å². The highest BCUT2D eigenvalue weighted by atomic mass is 32.2. The zero-order valence-electron chi connectivity index (χ0n) is 16.3. The lowest BCUT2D eigenvalue weighted by molar-refractivity contribution is -0.125. The first-order valence-corrected chi connectivity index (χ1v) is 10.6. The Kier molecular flexibility index (Phi) is 7.41. The number of nitrogens with one attached hydrogen (secondary N) is 1. The van der Waals surface area contributed by atoms with Crippen LogP contribution in [0.1, 0.15) is 26.2 Å². The molecule has 0 aliphatic carbocycles. The summed E-state index contributed by atoms with van der Waals surface area (Å²) in [5, 5.41) is 2.79. The molecule has 1 aliphatic rings. The van der Waals surface area contributed by atoms with Crippen molar-refractivity contribution in [3.8, 4) is 0 Å². The number of rotatable bonds is 8. The van der Waals surface area contributed by atoms with Gasteiger partial charge in [0, 0.05) is 27.2 Å². The van der Waals surface area contributed by atoms with Gasteiger partial charge in [0.1, 0.15) is 6.10 Å². The summed E-state index contributed by atoms with van der Waals surface area (Å²) in [6.45, 7) is 6.53. The number of ether oxygens (including phenoxy) is 1. The van der Waals surface area contributed by atoms with Gasteiger partial charge in [-0.05, 0) is 38.0 Å². The lowest BCUT2D eigenvalue weighted by atomic mass is 10.2. The Morgan fingerprint density at radius 3 is 2.59 bits per heavy atom. The Morgan fingerprint density at radius 2 is 2.00 bits per heavy atom. The fourth-order valence-corrected chi connectivity index (χ4v) is 4.49. The topological polar surface area (TPSA) is 78.9 Å². The minimum atomic E-state index is -3.58. The van der Waals surface area contributed by atoms with Crippen LogP contribution in [0.3, 0.4) is 0 Å². The van der Waals surface area contributed by atoms with Gasteiger partial charge in [-0.25, -0.2) is 8.42 Å². The van der Waals surface area contributed by atoms with Crippen LogP contribution >= 0.6 is 0 Å². The van der Waals surface area contributed by atoms with Gasteiger partial charge >= 0.3 is 0 Å². The highest BCUT2D eigenvalue weighted by Crippen LogP contribution is 2.30. The van der Waals surface area contributed by atoms with E-state index in [0.717, 1.165) is 24.9 Å². The monoisotopic (exact) mass is 395 g/mol. The largest absolute Gasteiger partial charge is 0.376 e. The van der Waals surface area contributed by atoms with Gasteiger partial charge in [0.05, 0.1) is 22.9 Å². The number of nitrogens with zero attached hydrogens (tertiary/aromatic N) is 2. The maximum Gasteiger partial charge on any atom is 0.253 e. The Morgan fingerprint density at radius 1 is 1.33 bits per heavy atom. The first kappa shape index (κ1) is 21.4. The first-order chi connectivity index (χ1) is 12.8. The van der Waals surface area contributed by atoms with Crippen LogP contribution in [-0.2, 0) is 19.6 Å². The number of benzene rings is 1. The first-order valence-electron chi connectivity index (χ1n) is 9.12. The lowest BCUT2D eigenvalue weighted by Crippen LogP contribution is -2.35. The number of carbonyl (C=O) groups is 1. The highest BCUT2D eigenvalue weighted by Gasteiger charge is 2.27. The quantitative estimate of drug-likeness (QED) is 0.684. The van der Waals surface area contributed by atoms with Crippen LogP contribution < -0.4 is 10.2 Å². The van der Waals surface area contributed by atoms with Gasteiger partial charge in [-0.15, -0.1) is 6.58 Å². The van der Waals surface area contributed by atoms with E-state index in [1.165, 1.54) is 10.4 Å². The maximum atomic E-state index is 12.9. The molecule has 0 spiro atoms. The third-order valence-electron chi connectivity index (χ3n) is 4.49. The van der Waals surface area contributed by atoms with Crippen molar-refractivity contribution >= 4 is 27.3 Å². The highest BCUT2D eigenvalue weighted by molar-refractivity contribution is 7.89. The number of anilines is 2. The molecule has 1 aromatic carbocycles. The summed E-state index contributed by atoms with van der Waals surface area (Å²) in [5.74, 6) is -0.340. The molecule has 2 rings (SSSR count). The van der Waals surface area contributed by atoms with E-state index in [1.807, 2.05) is 19.0 Å². The van der Waals surface area contributed by atoms with Crippen LogP contribution in [0.15, 0.2) is 35.7 Å². The van der Waals surface area contributed by atoms with Gasteiger partial charge < -0.3 is 15.0 Å². The van der Waals surface area contributed by atoms with Gasteiger partial charge in [0.25, 0.3) is 5.91 Å². The van der Waals surface area contributed by atoms with E-state index in [9.17, 15) is 13.2 Å². The average Bonchev–Trinajstić information content (AvgIpc) is 2.66. The van der Waals surface area contributed by atoms with Crippen LogP contribution in [0.2, 0.25) is 0 Å². The molecule has 1 aromatic rings. The smallest absolute Gasteiger partial charge is 0.253 e. The zero-order valence-corrected chi connectivity index (χ0v) is 17.1. The molecule has 1 N–H and O–H groups in total. The fraction of sp³-hybridized carbons (Fsp3) is 0.526. The molecule has 1 saturated heterocycles. The molecule has 0 bridgehead atoms.